The monoisotopic (exact) mass is 274 g/mol. The number of ketones is 1. The summed E-state index contributed by atoms with van der Waals surface area (Å²) in [6, 6.07) is 12.7. The van der Waals surface area contributed by atoms with Crippen LogP contribution in [-0.4, -0.2) is 5.78 Å². The molecular formula is C16H15ClO2. The van der Waals surface area contributed by atoms with Gasteiger partial charge in [0.25, 0.3) is 0 Å². The standard InChI is InChI=1S/C16H15ClO2/c1-3-16(18)12-4-6-13(7-5-12)19-14-8-9-15(17)11(2)10-14/h4-10H,3H2,1-2H3. The van der Waals surface area contributed by atoms with Crippen LogP contribution >= 0.6 is 11.6 Å². The van der Waals surface area contributed by atoms with E-state index in [0.29, 0.717) is 17.7 Å². The number of benzene rings is 2. The molecule has 0 fully saturated rings. The zero-order chi connectivity index (χ0) is 13.8. The minimum Gasteiger partial charge on any atom is -0.457 e. The minimum atomic E-state index is 0.133. The van der Waals surface area contributed by atoms with Crippen molar-refractivity contribution in [1.82, 2.24) is 0 Å². The van der Waals surface area contributed by atoms with Crippen LogP contribution in [0.4, 0.5) is 0 Å². The lowest BCUT2D eigenvalue weighted by Crippen LogP contribution is -1.95. The third-order valence-electron chi connectivity index (χ3n) is 2.86. The smallest absolute Gasteiger partial charge is 0.162 e. The number of ether oxygens (including phenoxy) is 1. The van der Waals surface area contributed by atoms with Gasteiger partial charge in [-0.3, -0.25) is 4.79 Å². The van der Waals surface area contributed by atoms with Crippen molar-refractivity contribution >= 4 is 17.4 Å². The van der Waals surface area contributed by atoms with Crippen molar-refractivity contribution in [1.29, 1.82) is 0 Å². The Morgan fingerprint density at radius 3 is 2.32 bits per heavy atom. The van der Waals surface area contributed by atoms with Gasteiger partial charge in [0.1, 0.15) is 11.5 Å². The predicted octanol–water partition coefficient (Wildman–Crippen LogP) is 5.03. The molecule has 0 spiro atoms. The van der Waals surface area contributed by atoms with E-state index in [1.165, 1.54) is 0 Å². The van der Waals surface area contributed by atoms with E-state index in [2.05, 4.69) is 0 Å². The highest BCUT2D eigenvalue weighted by Crippen LogP contribution is 2.26. The number of rotatable bonds is 4. The summed E-state index contributed by atoms with van der Waals surface area (Å²) < 4.78 is 5.71. The molecular weight excluding hydrogens is 260 g/mol. The highest BCUT2D eigenvalue weighted by Gasteiger charge is 2.04. The maximum Gasteiger partial charge on any atom is 0.162 e. The van der Waals surface area contributed by atoms with Gasteiger partial charge in [-0.1, -0.05) is 18.5 Å². The van der Waals surface area contributed by atoms with E-state index < -0.39 is 0 Å². The van der Waals surface area contributed by atoms with Gasteiger partial charge in [-0.05, 0) is 55.0 Å². The molecule has 0 aliphatic heterocycles. The van der Waals surface area contributed by atoms with Gasteiger partial charge in [-0.25, -0.2) is 0 Å². The summed E-state index contributed by atoms with van der Waals surface area (Å²) in [5.74, 6) is 1.57. The number of aryl methyl sites for hydroxylation is 1. The van der Waals surface area contributed by atoms with Gasteiger partial charge in [0.05, 0.1) is 0 Å². The van der Waals surface area contributed by atoms with Crippen LogP contribution in [0.1, 0.15) is 29.3 Å². The van der Waals surface area contributed by atoms with Crippen molar-refractivity contribution in [2.75, 3.05) is 0 Å². The Morgan fingerprint density at radius 1 is 1.11 bits per heavy atom. The average molecular weight is 275 g/mol. The Bertz CT molecular complexity index is 588. The Labute approximate surface area is 118 Å². The lowest BCUT2D eigenvalue weighted by molar-refractivity contribution is 0.0988. The van der Waals surface area contributed by atoms with Crippen LogP contribution in [0.5, 0.6) is 11.5 Å². The molecule has 0 heterocycles. The van der Waals surface area contributed by atoms with E-state index in [0.717, 1.165) is 16.3 Å². The van der Waals surface area contributed by atoms with Gasteiger partial charge < -0.3 is 4.74 Å². The summed E-state index contributed by atoms with van der Waals surface area (Å²) in [5.41, 5.74) is 1.68. The Morgan fingerprint density at radius 2 is 1.74 bits per heavy atom. The second kappa shape index (κ2) is 5.89. The quantitative estimate of drug-likeness (QED) is 0.731. The molecule has 0 bridgehead atoms. The first-order valence-electron chi connectivity index (χ1n) is 6.17. The van der Waals surface area contributed by atoms with E-state index in [-0.39, 0.29) is 5.78 Å². The van der Waals surface area contributed by atoms with Crippen molar-refractivity contribution in [2.24, 2.45) is 0 Å². The largest absolute Gasteiger partial charge is 0.457 e. The molecule has 19 heavy (non-hydrogen) atoms. The normalized spacial score (nSPS) is 10.3. The van der Waals surface area contributed by atoms with E-state index in [9.17, 15) is 4.79 Å². The first-order valence-corrected chi connectivity index (χ1v) is 6.55. The third-order valence-corrected chi connectivity index (χ3v) is 3.29. The van der Waals surface area contributed by atoms with Gasteiger partial charge >= 0.3 is 0 Å². The van der Waals surface area contributed by atoms with E-state index in [1.807, 2.05) is 26.0 Å². The molecule has 0 aromatic heterocycles. The van der Waals surface area contributed by atoms with Crippen molar-refractivity contribution in [3.63, 3.8) is 0 Å². The van der Waals surface area contributed by atoms with Gasteiger partial charge in [0.2, 0.25) is 0 Å². The molecule has 0 radical (unpaired) electrons. The van der Waals surface area contributed by atoms with Crippen molar-refractivity contribution in [3.05, 3.63) is 58.6 Å². The summed E-state index contributed by atoms with van der Waals surface area (Å²) in [6.07, 6.45) is 0.510. The van der Waals surface area contributed by atoms with Crippen LogP contribution < -0.4 is 4.74 Å². The maximum absolute atomic E-state index is 11.5. The van der Waals surface area contributed by atoms with Crippen LogP contribution in [-0.2, 0) is 0 Å². The van der Waals surface area contributed by atoms with Crippen LogP contribution in [0.3, 0.4) is 0 Å². The first kappa shape index (κ1) is 13.6. The van der Waals surface area contributed by atoms with Gasteiger partial charge in [-0.2, -0.15) is 0 Å². The molecule has 0 N–H and O–H groups in total. The number of hydrogen-bond acceptors (Lipinski definition) is 2. The summed E-state index contributed by atoms with van der Waals surface area (Å²) in [4.78, 5) is 11.5. The van der Waals surface area contributed by atoms with Crippen LogP contribution in [0.2, 0.25) is 5.02 Å². The first-order chi connectivity index (χ1) is 9.10. The van der Waals surface area contributed by atoms with Crippen molar-refractivity contribution in [3.8, 4) is 11.5 Å². The van der Waals surface area contributed by atoms with Crippen molar-refractivity contribution < 1.29 is 9.53 Å². The fourth-order valence-corrected chi connectivity index (χ4v) is 1.85. The zero-order valence-electron chi connectivity index (χ0n) is 10.9. The Kier molecular flexibility index (Phi) is 4.23. The molecule has 2 nitrogen and oxygen atoms in total. The SMILES string of the molecule is CCC(=O)c1ccc(Oc2ccc(Cl)c(C)c2)cc1. The summed E-state index contributed by atoms with van der Waals surface area (Å²) >= 11 is 5.96. The minimum absolute atomic E-state index is 0.133. The van der Waals surface area contributed by atoms with Crippen LogP contribution in [0.25, 0.3) is 0 Å². The molecule has 0 saturated carbocycles. The highest BCUT2D eigenvalue weighted by molar-refractivity contribution is 6.31. The molecule has 2 aromatic carbocycles. The molecule has 0 atom stereocenters. The number of hydrogen-bond donors (Lipinski definition) is 0. The summed E-state index contributed by atoms with van der Waals surface area (Å²) in [6.45, 7) is 3.78. The second-order valence-corrected chi connectivity index (χ2v) is 4.72. The molecule has 2 aromatic rings. The third kappa shape index (κ3) is 3.36. The van der Waals surface area contributed by atoms with E-state index in [1.54, 1.807) is 30.3 Å². The fraction of sp³-hybridized carbons (Fsp3) is 0.188. The Hall–Kier alpha value is -1.80. The number of carbonyl (C=O) groups is 1. The van der Waals surface area contributed by atoms with Gasteiger partial charge in [0, 0.05) is 17.0 Å². The van der Waals surface area contributed by atoms with Gasteiger partial charge in [0.15, 0.2) is 5.78 Å². The molecule has 0 unspecified atom stereocenters. The van der Waals surface area contributed by atoms with Gasteiger partial charge in [-0.15, -0.1) is 0 Å². The fourth-order valence-electron chi connectivity index (χ4n) is 1.73. The second-order valence-electron chi connectivity index (χ2n) is 4.31. The average Bonchev–Trinajstić information content (AvgIpc) is 2.43. The molecule has 0 saturated heterocycles. The van der Waals surface area contributed by atoms with E-state index in [4.69, 9.17) is 16.3 Å². The van der Waals surface area contributed by atoms with Crippen molar-refractivity contribution in [2.45, 2.75) is 20.3 Å². The summed E-state index contributed by atoms with van der Waals surface area (Å²) in [7, 11) is 0. The molecule has 0 amide bonds. The predicted molar refractivity (Wildman–Crippen MR) is 77.3 cm³/mol. The number of carbonyl (C=O) groups excluding carboxylic acids is 1. The molecule has 0 aliphatic rings. The Balaban J connectivity index is 2.15. The zero-order valence-corrected chi connectivity index (χ0v) is 11.7. The van der Waals surface area contributed by atoms with Crippen LogP contribution in [0, 0.1) is 6.92 Å². The lowest BCUT2D eigenvalue weighted by Gasteiger charge is -2.07. The molecule has 98 valence electrons. The molecule has 3 heteroatoms. The number of halogens is 1. The molecule has 2 rings (SSSR count). The number of Topliss-reactive ketones (excluding diaryl/α,β-unsaturated/α-hetero) is 1. The van der Waals surface area contributed by atoms with E-state index >= 15 is 0 Å². The maximum atomic E-state index is 11.5. The lowest BCUT2D eigenvalue weighted by atomic mass is 10.1. The highest BCUT2D eigenvalue weighted by atomic mass is 35.5. The molecule has 0 aliphatic carbocycles. The summed E-state index contributed by atoms with van der Waals surface area (Å²) in [5, 5.41) is 0.719. The topological polar surface area (TPSA) is 26.3 Å². The van der Waals surface area contributed by atoms with Crippen LogP contribution in [0.15, 0.2) is 42.5 Å².